The Bertz CT molecular complexity index is 1120. The number of alkyl halides is 17. The van der Waals surface area contributed by atoms with E-state index in [1.807, 2.05) is 0 Å². The van der Waals surface area contributed by atoms with Crippen molar-refractivity contribution >= 4 is 10.1 Å². The smallest absolute Gasteiger partial charge is 0.449 e. The third kappa shape index (κ3) is 5.66. The molecule has 1 aromatic carbocycles. The maximum atomic E-state index is 14.5. The van der Waals surface area contributed by atoms with Crippen molar-refractivity contribution in [2.45, 2.75) is 47.1 Å². The molecule has 0 saturated heterocycles. The predicted octanol–water partition coefficient (Wildman–Crippen LogP) is 6.50. The van der Waals surface area contributed by atoms with E-state index in [4.69, 9.17) is 4.55 Å². The fourth-order valence-corrected chi connectivity index (χ4v) is 3.15. The van der Waals surface area contributed by atoms with Crippen molar-refractivity contribution in [2.24, 2.45) is 0 Å². The van der Waals surface area contributed by atoms with Gasteiger partial charge in [0.1, 0.15) is 16.4 Å². The van der Waals surface area contributed by atoms with Crippen molar-refractivity contribution < 1.29 is 97.5 Å². The molecule has 0 radical (unpaired) electrons. The molecule has 0 aliphatic heterocycles. The zero-order valence-corrected chi connectivity index (χ0v) is 17.5. The summed E-state index contributed by atoms with van der Waals surface area (Å²) in [6.45, 7) is 0. The minimum absolute atomic E-state index is 0.264. The van der Waals surface area contributed by atoms with Crippen LogP contribution < -0.4 is 4.74 Å². The topological polar surface area (TPSA) is 83.8 Å². The first-order valence-corrected chi connectivity index (χ1v) is 9.74. The van der Waals surface area contributed by atoms with E-state index in [1.165, 1.54) is 0 Å². The van der Waals surface area contributed by atoms with E-state index in [1.54, 1.807) is 0 Å². The Morgan fingerprint density at radius 1 is 0.658 bits per heavy atom. The monoisotopic (exact) mass is 620 g/mol. The van der Waals surface area contributed by atoms with Gasteiger partial charge in [0, 0.05) is 6.07 Å². The highest BCUT2D eigenvalue weighted by atomic mass is 32.2. The second-order valence-electron chi connectivity index (χ2n) is 6.72. The SMILES string of the molecule is O=S(=O)(O)c1ccc(OC(=C(C(F)(C(F)(F)F)C(F)(F)F)C(F)(C(F)(F)F)C(F)(F)F)C(F)(F)F)cc1O. The third-order valence-electron chi connectivity index (χ3n) is 4.16. The number of ether oxygens (including phenoxy) is 1. The summed E-state index contributed by atoms with van der Waals surface area (Å²) in [7, 11) is -5.50. The van der Waals surface area contributed by atoms with Crippen molar-refractivity contribution in [3.05, 3.63) is 29.5 Å². The molecule has 5 nitrogen and oxygen atoms in total. The number of benzene rings is 1. The van der Waals surface area contributed by atoms with Crippen LogP contribution in [0.25, 0.3) is 0 Å². The van der Waals surface area contributed by atoms with E-state index in [0.717, 1.165) is 0 Å². The van der Waals surface area contributed by atoms with Gasteiger partial charge in [-0.3, -0.25) is 4.55 Å². The van der Waals surface area contributed by atoms with Crippen molar-refractivity contribution in [1.29, 1.82) is 0 Å². The van der Waals surface area contributed by atoms with Gasteiger partial charge in [0.2, 0.25) is 5.76 Å². The fraction of sp³-hybridized carbons (Fsp3) is 0.467. The van der Waals surface area contributed by atoms with E-state index in [0.29, 0.717) is 0 Å². The molecule has 0 aliphatic rings. The zero-order valence-electron chi connectivity index (χ0n) is 16.7. The van der Waals surface area contributed by atoms with Crippen LogP contribution in [0.1, 0.15) is 0 Å². The van der Waals surface area contributed by atoms with Crippen LogP contribution in [0.3, 0.4) is 0 Å². The van der Waals surface area contributed by atoms with Gasteiger partial charge in [0.25, 0.3) is 10.1 Å². The van der Waals surface area contributed by atoms with Gasteiger partial charge in [0.15, 0.2) is 0 Å². The second-order valence-corrected chi connectivity index (χ2v) is 8.11. The number of halogens is 17. The van der Waals surface area contributed by atoms with E-state index in [-0.39, 0.29) is 12.1 Å². The number of hydrogen-bond acceptors (Lipinski definition) is 4. The van der Waals surface area contributed by atoms with Crippen molar-refractivity contribution in [1.82, 2.24) is 0 Å². The summed E-state index contributed by atoms with van der Waals surface area (Å²) in [5, 5.41) is 9.33. The molecule has 2 N–H and O–H groups in total. The molecule has 0 bridgehead atoms. The molecule has 1 rings (SSSR count). The molecule has 0 unspecified atom stereocenters. The lowest BCUT2D eigenvalue weighted by molar-refractivity contribution is -0.365. The third-order valence-corrected chi connectivity index (χ3v) is 5.07. The Hall–Kier alpha value is -2.72. The van der Waals surface area contributed by atoms with E-state index in [9.17, 15) is 88.2 Å². The summed E-state index contributed by atoms with van der Waals surface area (Å²) < 4.78 is 260. The lowest BCUT2D eigenvalue weighted by Crippen LogP contribution is -2.67. The molecule has 0 amide bonds. The van der Waals surface area contributed by atoms with Gasteiger partial charge in [0.05, 0.1) is 5.57 Å². The average Bonchev–Trinajstić information content (AvgIpc) is 2.61. The zero-order chi connectivity index (χ0) is 30.7. The van der Waals surface area contributed by atoms with Gasteiger partial charge in [-0.1, -0.05) is 0 Å². The van der Waals surface area contributed by atoms with Gasteiger partial charge in [-0.25, -0.2) is 8.78 Å². The molecule has 23 heteroatoms. The largest absolute Gasteiger partial charge is 0.506 e. The molecule has 0 heterocycles. The van der Waals surface area contributed by atoms with Crippen LogP contribution in [0.4, 0.5) is 74.6 Å². The second kappa shape index (κ2) is 9.19. The maximum absolute atomic E-state index is 14.5. The normalized spacial score (nSPS) is 14.9. The molecule has 0 spiro atoms. The van der Waals surface area contributed by atoms with Crippen LogP contribution in [0.15, 0.2) is 34.4 Å². The molecular formula is C15H5F17O5S. The van der Waals surface area contributed by atoms with Gasteiger partial charge in [-0.05, 0) is 12.1 Å². The summed E-state index contributed by atoms with van der Waals surface area (Å²) in [6, 6.07) is -1.25. The first-order chi connectivity index (χ1) is 16.3. The lowest BCUT2D eigenvalue weighted by atomic mass is 9.79. The van der Waals surface area contributed by atoms with Crippen LogP contribution in [-0.2, 0) is 10.1 Å². The van der Waals surface area contributed by atoms with Crippen LogP contribution in [0.2, 0.25) is 0 Å². The van der Waals surface area contributed by atoms with Crippen LogP contribution in [-0.4, -0.2) is 60.3 Å². The Labute approximate surface area is 196 Å². The number of allylic oxidation sites excluding steroid dienone is 2. The molecular weight excluding hydrogens is 615 g/mol. The van der Waals surface area contributed by atoms with Gasteiger partial charge >= 0.3 is 42.2 Å². The highest BCUT2D eigenvalue weighted by Gasteiger charge is 2.88. The summed E-state index contributed by atoms with van der Waals surface area (Å²) in [6.07, 6.45) is -40.2. The highest BCUT2D eigenvalue weighted by Crippen LogP contribution is 2.63. The van der Waals surface area contributed by atoms with Crippen LogP contribution >= 0.6 is 0 Å². The lowest BCUT2D eigenvalue weighted by Gasteiger charge is -2.41. The van der Waals surface area contributed by atoms with Crippen LogP contribution in [0.5, 0.6) is 11.5 Å². The Morgan fingerprint density at radius 2 is 1.00 bits per heavy atom. The summed E-state index contributed by atoms with van der Waals surface area (Å²) in [4.78, 5) is -1.70. The molecule has 0 aromatic heterocycles. The fourth-order valence-electron chi connectivity index (χ4n) is 2.59. The average molecular weight is 620 g/mol. The number of phenolic OH excluding ortho intramolecular Hbond substituents is 1. The van der Waals surface area contributed by atoms with Crippen LogP contribution in [0, 0.1) is 0 Å². The van der Waals surface area contributed by atoms with Gasteiger partial charge in [-0.2, -0.15) is 74.3 Å². The molecule has 38 heavy (non-hydrogen) atoms. The summed E-state index contributed by atoms with van der Waals surface area (Å²) >= 11 is 0. The van der Waals surface area contributed by atoms with E-state index in [2.05, 4.69) is 4.74 Å². The van der Waals surface area contributed by atoms with Crippen molar-refractivity contribution in [3.63, 3.8) is 0 Å². The van der Waals surface area contributed by atoms with E-state index < -0.39 is 86.1 Å². The molecule has 0 fully saturated rings. The minimum Gasteiger partial charge on any atom is -0.506 e. The number of phenols is 1. The standard InChI is InChI=1S/C15H5F17O5S/c16-9(12(21,22)23,13(24,25)26)7(10(17,14(27,28)29)15(30,31)32)8(11(18,19)20)37-4-1-2-6(5(33)3-4)38(34,35)36/h1-3,33H,(H,34,35,36). The predicted molar refractivity (Wildman–Crippen MR) is 83.5 cm³/mol. The number of aromatic hydroxyl groups is 1. The highest BCUT2D eigenvalue weighted by molar-refractivity contribution is 7.86. The molecule has 1 aromatic rings. The summed E-state index contributed by atoms with van der Waals surface area (Å²) in [5.41, 5.74) is -22.5. The Morgan fingerprint density at radius 3 is 1.24 bits per heavy atom. The Balaban J connectivity index is 4.52. The first-order valence-electron chi connectivity index (χ1n) is 8.30. The van der Waals surface area contributed by atoms with Crippen molar-refractivity contribution in [2.75, 3.05) is 0 Å². The maximum Gasteiger partial charge on any atom is 0.449 e. The molecule has 220 valence electrons. The Kier molecular flexibility index (Phi) is 8.05. The first kappa shape index (κ1) is 33.3. The quantitative estimate of drug-likeness (QED) is 0.223. The number of rotatable bonds is 5. The number of hydrogen-bond donors (Lipinski definition) is 2. The van der Waals surface area contributed by atoms with E-state index >= 15 is 0 Å². The molecule has 0 atom stereocenters. The molecule has 0 saturated carbocycles. The van der Waals surface area contributed by atoms with Gasteiger partial charge < -0.3 is 9.84 Å². The van der Waals surface area contributed by atoms with Crippen molar-refractivity contribution in [3.8, 4) is 11.5 Å². The minimum atomic E-state index is -8.40. The van der Waals surface area contributed by atoms with Gasteiger partial charge in [-0.15, -0.1) is 0 Å². The molecule has 0 aliphatic carbocycles. The summed E-state index contributed by atoms with van der Waals surface area (Å²) in [5.74, 6) is -9.03.